The molecule has 0 bridgehead atoms. The van der Waals surface area contributed by atoms with Crippen LogP contribution < -0.4 is 11.1 Å². The maximum atomic E-state index is 13.5. The van der Waals surface area contributed by atoms with Gasteiger partial charge in [-0.1, -0.05) is 0 Å². The zero-order valence-electron chi connectivity index (χ0n) is 19.1. The van der Waals surface area contributed by atoms with Gasteiger partial charge < -0.3 is 25.9 Å². The average Bonchev–Trinajstić information content (AvgIpc) is 3.58. The van der Waals surface area contributed by atoms with Gasteiger partial charge in [0.25, 0.3) is 5.91 Å². The first-order valence-electron chi connectivity index (χ1n) is 11.5. The van der Waals surface area contributed by atoms with E-state index in [1.54, 1.807) is 18.3 Å². The minimum Gasteiger partial charge on any atom is -0.383 e. The van der Waals surface area contributed by atoms with Crippen molar-refractivity contribution in [3.05, 3.63) is 71.3 Å². The number of amides is 1. The Kier molecular flexibility index (Phi) is 4.89. The van der Waals surface area contributed by atoms with Crippen LogP contribution in [0.25, 0.3) is 27.6 Å². The first-order valence-corrected chi connectivity index (χ1v) is 11.5. The number of imidazole rings is 1. The molecule has 0 saturated carbocycles. The summed E-state index contributed by atoms with van der Waals surface area (Å²) >= 11 is 0. The minimum atomic E-state index is -0.261. The fourth-order valence-corrected chi connectivity index (χ4v) is 4.63. The highest BCUT2D eigenvalue weighted by atomic mass is 16.2. The summed E-state index contributed by atoms with van der Waals surface area (Å²) in [6, 6.07) is 11.0. The number of rotatable bonds is 4. The Hall–Kier alpha value is -4.44. The number of ketones is 1. The number of benzene rings is 2. The van der Waals surface area contributed by atoms with Crippen molar-refractivity contribution in [1.82, 2.24) is 34.9 Å². The molecule has 0 radical (unpaired) electrons. The van der Waals surface area contributed by atoms with E-state index < -0.39 is 0 Å². The van der Waals surface area contributed by atoms with Crippen molar-refractivity contribution < 1.29 is 9.59 Å². The minimum absolute atomic E-state index is 0.0377. The van der Waals surface area contributed by atoms with Gasteiger partial charge in [-0.25, -0.2) is 9.67 Å². The molecule has 0 unspecified atom stereocenters. The van der Waals surface area contributed by atoms with Gasteiger partial charge in [0.15, 0.2) is 0 Å². The van der Waals surface area contributed by atoms with Gasteiger partial charge in [0.05, 0.1) is 28.5 Å². The summed E-state index contributed by atoms with van der Waals surface area (Å²) in [5, 5.41) is 8.30. The third-order valence-electron chi connectivity index (χ3n) is 6.46. The number of aryl methyl sites for hydroxylation is 1. The number of nitrogens with one attached hydrogen (secondary N) is 3. The number of carbonyl (C=O) groups is 2. The molecule has 176 valence electrons. The Morgan fingerprint density at radius 2 is 1.83 bits per heavy atom. The number of aromatic nitrogens is 5. The van der Waals surface area contributed by atoms with E-state index in [2.05, 4.69) is 25.4 Å². The number of fused-ring (bicyclic) bond motifs is 2. The third kappa shape index (κ3) is 3.55. The Balaban J connectivity index is 1.34. The van der Waals surface area contributed by atoms with Crippen LogP contribution in [0.4, 0.5) is 5.82 Å². The van der Waals surface area contributed by atoms with Gasteiger partial charge >= 0.3 is 0 Å². The number of hydrogen-bond acceptors (Lipinski definition) is 6. The number of piperazine rings is 1. The van der Waals surface area contributed by atoms with E-state index in [1.807, 2.05) is 36.1 Å². The van der Waals surface area contributed by atoms with Crippen molar-refractivity contribution in [1.29, 1.82) is 0 Å². The highest BCUT2D eigenvalue weighted by Crippen LogP contribution is 2.27. The fraction of sp³-hybridized carbons (Fsp3) is 0.200. The van der Waals surface area contributed by atoms with E-state index in [9.17, 15) is 9.59 Å². The Labute approximate surface area is 200 Å². The molecule has 0 aliphatic carbocycles. The molecule has 5 N–H and O–H groups in total. The van der Waals surface area contributed by atoms with Crippen LogP contribution in [0.5, 0.6) is 0 Å². The van der Waals surface area contributed by atoms with Crippen LogP contribution in [0.2, 0.25) is 0 Å². The maximum Gasteiger partial charge on any atom is 0.253 e. The molecule has 5 aromatic rings. The summed E-state index contributed by atoms with van der Waals surface area (Å²) in [5.74, 6) is 0.757. The van der Waals surface area contributed by atoms with Gasteiger partial charge in [-0.05, 0) is 43.3 Å². The van der Waals surface area contributed by atoms with Crippen LogP contribution in [0, 0.1) is 6.92 Å². The number of anilines is 1. The second-order valence-corrected chi connectivity index (χ2v) is 8.71. The molecule has 10 nitrogen and oxygen atoms in total. The van der Waals surface area contributed by atoms with Gasteiger partial charge in [0.1, 0.15) is 11.6 Å². The Morgan fingerprint density at radius 3 is 2.66 bits per heavy atom. The molecule has 2 aromatic carbocycles. The van der Waals surface area contributed by atoms with Crippen molar-refractivity contribution >= 4 is 39.4 Å². The summed E-state index contributed by atoms with van der Waals surface area (Å²) in [5.41, 5.74) is 10.9. The molecule has 10 heteroatoms. The zero-order valence-corrected chi connectivity index (χ0v) is 19.1. The Morgan fingerprint density at radius 1 is 1.03 bits per heavy atom. The van der Waals surface area contributed by atoms with Crippen molar-refractivity contribution in [2.75, 3.05) is 31.9 Å². The number of nitrogen functional groups attached to an aromatic ring is 1. The molecule has 1 aliphatic heterocycles. The van der Waals surface area contributed by atoms with Crippen LogP contribution in [-0.2, 0) is 0 Å². The van der Waals surface area contributed by atoms with Crippen molar-refractivity contribution in [2.45, 2.75) is 6.92 Å². The number of H-pyrrole nitrogens is 2. The number of nitrogens with two attached hydrogens (primary N) is 1. The van der Waals surface area contributed by atoms with Gasteiger partial charge in [-0.15, -0.1) is 0 Å². The molecule has 0 spiro atoms. The SMILES string of the molecule is Cc1nc2cc(-n3ncc(C(=O)c4c[nH]c5ccc(C(=O)N6CCNCC6)cc45)c3N)ccc2[nH]1. The van der Waals surface area contributed by atoms with E-state index in [4.69, 9.17) is 5.73 Å². The van der Waals surface area contributed by atoms with Crippen LogP contribution >= 0.6 is 0 Å². The largest absolute Gasteiger partial charge is 0.383 e. The fourth-order valence-electron chi connectivity index (χ4n) is 4.63. The summed E-state index contributed by atoms with van der Waals surface area (Å²) in [6.07, 6.45) is 3.13. The van der Waals surface area contributed by atoms with E-state index in [0.29, 0.717) is 40.9 Å². The first-order chi connectivity index (χ1) is 17.0. The van der Waals surface area contributed by atoms with E-state index in [1.165, 1.54) is 10.9 Å². The van der Waals surface area contributed by atoms with Gasteiger partial charge in [0.2, 0.25) is 5.78 Å². The molecule has 1 aliphatic rings. The van der Waals surface area contributed by atoms with Gasteiger partial charge in [-0.3, -0.25) is 9.59 Å². The third-order valence-corrected chi connectivity index (χ3v) is 6.46. The molecule has 1 saturated heterocycles. The lowest BCUT2D eigenvalue weighted by atomic mass is 10.0. The second kappa shape index (κ2) is 8.10. The van der Waals surface area contributed by atoms with Crippen LogP contribution in [0.15, 0.2) is 48.8 Å². The molecular weight excluding hydrogens is 444 g/mol. The summed E-state index contributed by atoms with van der Waals surface area (Å²) in [4.78, 5) is 39.1. The van der Waals surface area contributed by atoms with Gasteiger partial charge in [-0.2, -0.15) is 5.10 Å². The zero-order chi connectivity index (χ0) is 24.1. The van der Waals surface area contributed by atoms with Crippen LogP contribution in [-0.4, -0.2) is 67.5 Å². The molecule has 1 fully saturated rings. The summed E-state index contributed by atoms with van der Waals surface area (Å²) in [7, 11) is 0. The van der Waals surface area contributed by atoms with Crippen LogP contribution in [0.3, 0.4) is 0 Å². The van der Waals surface area contributed by atoms with Gasteiger partial charge in [0, 0.05) is 54.4 Å². The molecule has 4 heterocycles. The monoisotopic (exact) mass is 468 g/mol. The summed E-state index contributed by atoms with van der Waals surface area (Å²) < 4.78 is 1.53. The predicted octanol–water partition coefficient (Wildman–Crippen LogP) is 2.40. The number of nitrogens with zero attached hydrogens (tertiary/aromatic N) is 4. The number of hydrogen-bond donors (Lipinski definition) is 4. The molecule has 3 aromatic heterocycles. The van der Waals surface area contributed by atoms with E-state index in [0.717, 1.165) is 35.5 Å². The van der Waals surface area contributed by atoms with E-state index in [-0.39, 0.29) is 17.5 Å². The average molecular weight is 469 g/mol. The lowest BCUT2D eigenvalue weighted by Gasteiger charge is -2.27. The molecule has 6 rings (SSSR count). The summed E-state index contributed by atoms with van der Waals surface area (Å²) in [6.45, 7) is 4.77. The van der Waals surface area contributed by atoms with Crippen molar-refractivity contribution in [3.63, 3.8) is 0 Å². The van der Waals surface area contributed by atoms with E-state index >= 15 is 0 Å². The highest BCUT2D eigenvalue weighted by Gasteiger charge is 2.23. The molecule has 1 amide bonds. The highest BCUT2D eigenvalue weighted by molar-refractivity contribution is 6.18. The molecule has 35 heavy (non-hydrogen) atoms. The topological polar surface area (TPSA) is 138 Å². The standard InChI is InChI=1S/C25H24N8O2/c1-14-30-21-5-3-16(11-22(21)31-14)33-24(26)19(13-29-33)23(34)18-12-28-20-4-2-15(10-17(18)20)25(35)32-8-6-27-7-9-32/h2-5,10-13,27-28H,6-9,26H2,1H3,(H,30,31). The normalized spacial score (nSPS) is 14.1. The molecular formula is C25H24N8O2. The maximum absolute atomic E-state index is 13.5. The van der Waals surface area contributed by atoms with Crippen molar-refractivity contribution in [3.8, 4) is 5.69 Å². The quantitative estimate of drug-likeness (QED) is 0.299. The van der Waals surface area contributed by atoms with Crippen LogP contribution in [0.1, 0.15) is 32.1 Å². The first kappa shape index (κ1) is 21.1. The molecule has 0 atom stereocenters. The number of carbonyl (C=O) groups excluding carboxylic acids is 2. The second-order valence-electron chi connectivity index (χ2n) is 8.71. The Bertz CT molecular complexity index is 1600. The van der Waals surface area contributed by atoms with Crippen molar-refractivity contribution in [2.24, 2.45) is 0 Å². The lowest BCUT2D eigenvalue weighted by Crippen LogP contribution is -2.46. The predicted molar refractivity (Wildman–Crippen MR) is 133 cm³/mol. The smallest absolute Gasteiger partial charge is 0.253 e. The number of aromatic amines is 2. The lowest BCUT2D eigenvalue weighted by molar-refractivity contribution is 0.0735.